The summed E-state index contributed by atoms with van der Waals surface area (Å²) in [5.74, 6) is 2.94. The largest absolute Gasteiger partial charge is 0.457 e. The van der Waals surface area contributed by atoms with Gasteiger partial charge in [-0.3, -0.25) is 4.98 Å². The Balaban J connectivity index is 1.69. The zero-order valence-electron chi connectivity index (χ0n) is 10.7. The van der Waals surface area contributed by atoms with Crippen LogP contribution in [0.5, 0.6) is 23.0 Å². The van der Waals surface area contributed by atoms with Crippen molar-refractivity contribution in [2.75, 3.05) is 0 Å². The first-order valence-electron chi connectivity index (χ1n) is 6.23. The summed E-state index contributed by atoms with van der Waals surface area (Å²) in [6.07, 6.45) is 3.24. The Morgan fingerprint density at radius 1 is 0.700 bits per heavy atom. The third kappa shape index (κ3) is 3.14. The molecular weight excluding hydrogens is 250 g/mol. The smallest absolute Gasteiger partial charge is 0.138 e. The topological polar surface area (TPSA) is 31.4 Å². The molecule has 0 aliphatic heterocycles. The summed E-state index contributed by atoms with van der Waals surface area (Å²) in [5, 5.41) is 0. The molecule has 1 heterocycles. The first kappa shape index (κ1) is 12.2. The Morgan fingerprint density at radius 2 is 1.35 bits per heavy atom. The lowest BCUT2D eigenvalue weighted by atomic mass is 10.3. The van der Waals surface area contributed by atoms with Gasteiger partial charge in [-0.25, -0.2) is 0 Å². The van der Waals surface area contributed by atoms with Crippen molar-refractivity contribution >= 4 is 0 Å². The van der Waals surface area contributed by atoms with Gasteiger partial charge in [-0.05, 0) is 42.5 Å². The SMILES string of the molecule is [c]1cnccc1Oc1ccc(Oc2ccccc2)cc1. The van der Waals surface area contributed by atoms with E-state index in [9.17, 15) is 0 Å². The summed E-state index contributed by atoms with van der Waals surface area (Å²) < 4.78 is 11.3. The van der Waals surface area contributed by atoms with E-state index in [1.807, 2.05) is 54.6 Å². The van der Waals surface area contributed by atoms with E-state index in [0.29, 0.717) is 5.75 Å². The second kappa shape index (κ2) is 5.89. The number of pyridine rings is 1. The molecule has 3 rings (SSSR count). The maximum Gasteiger partial charge on any atom is 0.138 e. The average molecular weight is 262 g/mol. The lowest BCUT2D eigenvalue weighted by Crippen LogP contribution is -1.86. The summed E-state index contributed by atoms with van der Waals surface area (Å²) in [6.45, 7) is 0. The molecule has 0 bridgehead atoms. The van der Waals surface area contributed by atoms with E-state index in [1.165, 1.54) is 0 Å². The van der Waals surface area contributed by atoms with Crippen molar-refractivity contribution in [3.8, 4) is 23.0 Å². The van der Waals surface area contributed by atoms with Crippen molar-refractivity contribution in [2.45, 2.75) is 0 Å². The van der Waals surface area contributed by atoms with E-state index in [4.69, 9.17) is 9.47 Å². The van der Waals surface area contributed by atoms with Crippen LogP contribution >= 0.6 is 0 Å². The minimum Gasteiger partial charge on any atom is -0.457 e. The van der Waals surface area contributed by atoms with Crippen LogP contribution in [-0.2, 0) is 0 Å². The standard InChI is InChI=1S/C17H12NO2/c1-2-4-14(5-3-1)19-15-6-8-16(9-7-15)20-17-10-12-18-13-11-17/h1-10,12-13H. The lowest BCUT2D eigenvalue weighted by Gasteiger charge is -2.07. The van der Waals surface area contributed by atoms with E-state index in [1.54, 1.807) is 18.5 Å². The number of hydrogen-bond donors (Lipinski definition) is 0. The minimum atomic E-state index is 0.636. The van der Waals surface area contributed by atoms with Gasteiger partial charge in [0.25, 0.3) is 0 Å². The van der Waals surface area contributed by atoms with Gasteiger partial charge < -0.3 is 9.47 Å². The van der Waals surface area contributed by atoms with Gasteiger partial charge in [-0.1, -0.05) is 18.2 Å². The fourth-order valence-electron chi connectivity index (χ4n) is 1.69. The molecule has 0 atom stereocenters. The van der Waals surface area contributed by atoms with E-state index >= 15 is 0 Å². The molecule has 0 amide bonds. The second-order valence-electron chi connectivity index (χ2n) is 4.09. The number of benzene rings is 2. The van der Waals surface area contributed by atoms with Crippen molar-refractivity contribution in [1.29, 1.82) is 0 Å². The molecule has 0 aliphatic carbocycles. The third-order valence-corrected chi connectivity index (χ3v) is 2.62. The summed E-state index contributed by atoms with van der Waals surface area (Å²) >= 11 is 0. The van der Waals surface area contributed by atoms with Crippen LogP contribution in [0.2, 0.25) is 0 Å². The Hall–Kier alpha value is -2.81. The second-order valence-corrected chi connectivity index (χ2v) is 4.09. The van der Waals surface area contributed by atoms with Gasteiger partial charge in [0.1, 0.15) is 23.0 Å². The van der Waals surface area contributed by atoms with Gasteiger partial charge in [0.05, 0.1) is 0 Å². The normalized spacial score (nSPS) is 10.0. The van der Waals surface area contributed by atoms with Gasteiger partial charge in [-0.15, -0.1) is 0 Å². The molecular formula is C17H12NO2. The third-order valence-electron chi connectivity index (χ3n) is 2.62. The molecule has 0 saturated carbocycles. The molecule has 20 heavy (non-hydrogen) atoms. The Morgan fingerprint density at radius 3 is 2.00 bits per heavy atom. The molecule has 0 aliphatic rings. The molecule has 3 nitrogen and oxygen atoms in total. The van der Waals surface area contributed by atoms with Gasteiger partial charge in [0.2, 0.25) is 0 Å². The van der Waals surface area contributed by atoms with Crippen LogP contribution in [0.4, 0.5) is 0 Å². The molecule has 0 N–H and O–H groups in total. The van der Waals surface area contributed by atoms with Crippen LogP contribution in [0.1, 0.15) is 0 Å². The van der Waals surface area contributed by atoms with Crippen LogP contribution in [0.15, 0.2) is 73.1 Å². The highest BCUT2D eigenvalue weighted by atomic mass is 16.5. The minimum absolute atomic E-state index is 0.636. The molecule has 1 radical (unpaired) electrons. The molecule has 0 fully saturated rings. The summed E-state index contributed by atoms with van der Waals surface area (Å²) in [6, 6.07) is 21.8. The van der Waals surface area contributed by atoms with Crippen molar-refractivity contribution in [1.82, 2.24) is 4.98 Å². The van der Waals surface area contributed by atoms with E-state index < -0.39 is 0 Å². The van der Waals surface area contributed by atoms with Crippen molar-refractivity contribution in [2.24, 2.45) is 0 Å². The summed E-state index contributed by atoms with van der Waals surface area (Å²) in [5.41, 5.74) is 0. The zero-order valence-corrected chi connectivity index (χ0v) is 10.7. The van der Waals surface area contributed by atoms with Gasteiger partial charge in [0.15, 0.2) is 0 Å². The quantitative estimate of drug-likeness (QED) is 0.695. The van der Waals surface area contributed by atoms with E-state index in [0.717, 1.165) is 17.2 Å². The highest BCUT2D eigenvalue weighted by molar-refractivity contribution is 5.37. The molecule has 2 aromatic carbocycles. The first-order chi connectivity index (χ1) is 9.90. The Kier molecular flexibility index (Phi) is 3.60. The molecule has 97 valence electrons. The molecule has 0 unspecified atom stereocenters. The van der Waals surface area contributed by atoms with Gasteiger partial charge >= 0.3 is 0 Å². The lowest BCUT2D eigenvalue weighted by molar-refractivity contribution is 0.468. The number of ether oxygens (including phenoxy) is 2. The van der Waals surface area contributed by atoms with Gasteiger partial charge in [0, 0.05) is 18.5 Å². The Bertz CT molecular complexity index is 591. The number of nitrogens with zero attached hydrogens (tertiary/aromatic N) is 1. The highest BCUT2D eigenvalue weighted by Crippen LogP contribution is 2.25. The number of hydrogen-bond acceptors (Lipinski definition) is 3. The fourth-order valence-corrected chi connectivity index (χ4v) is 1.69. The van der Waals surface area contributed by atoms with Crippen molar-refractivity contribution in [3.63, 3.8) is 0 Å². The first-order valence-corrected chi connectivity index (χ1v) is 6.23. The molecule has 0 saturated heterocycles. The van der Waals surface area contributed by atoms with E-state index in [2.05, 4.69) is 11.1 Å². The van der Waals surface area contributed by atoms with Crippen LogP contribution in [0.25, 0.3) is 0 Å². The molecule has 1 aromatic heterocycles. The van der Waals surface area contributed by atoms with Crippen molar-refractivity contribution in [3.05, 3.63) is 79.1 Å². The molecule has 3 aromatic rings. The monoisotopic (exact) mass is 262 g/mol. The van der Waals surface area contributed by atoms with Gasteiger partial charge in [-0.2, -0.15) is 0 Å². The maximum absolute atomic E-state index is 5.71. The number of aromatic nitrogens is 1. The molecule has 0 spiro atoms. The van der Waals surface area contributed by atoms with Crippen molar-refractivity contribution < 1.29 is 9.47 Å². The highest BCUT2D eigenvalue weighted by Gasteiger charge is 1.99. The fraction of sp³-hybridized carbons (Fsp3) is 0. The summed E-state index contributed by atoms with van der Waals surface area (Å²) in [4.78, 5) is 3.89. The predicted molar refractivity (Wildman–Crippen MR) is 76.1 cm³/mol. The van der Waals surface area contributed by atoms with Crippen LogP contribution in [-0.4, -0.2) is 4.98 Å². The van der Waals surface area contributed by atoms with Crippen LogP contribution in [0, 0.1) is 6.07 Å². The Labute approximate surface area is 117 Å². The zero-order chi connectivity index (χ0) is 13.6. The maximum atomic E-state index is 5.71. The number of para-hydroxylation sites is 1. The van der Waals surface area contributed by atoms with Crippen LogP contribution in [0.3, 0.4) is 0 Å². The summed E-state index contributed by atoms with van der Waals surface area (Å²) in [7, 11) is 0. The van der Waals surface area contributed by atoms with Crippen LogP contribution < -0.4 is 9.47 Å². The predicted octanol–water partition coefficient (Wildman–Crippen LogP) is 4.47. The average Bonchev–Trinajstić information content (AvgIpc) is 2.51. The molecule has 3 heteroatoms. The number of rotatable bonds is 4. The van der Waals surface area contributed by atoms with E-state index in [-0.39, 0.29) is 0 Å².